The van der Waals surface area contributed by atoms with Crippen LogP contribution in [-0.4, -0.2) is 55.1 Å². The smallest absolute Gasteiger partial charge is 0.303 e. The summed E-state index contributed by atoms with van der Waals surface area (Å²) in [6.45, 7) is 3.02. The number of carbonyl (C=O) groups excluding carboxylic acids is 4. The van der Waals surface area contributed by atoms with Gasteiger partial charge in [0.05, 0.1) is 10.9 Å². The standard InChI is InChI=1S/C20H22BrClO10/c1-9(23)28-8-16-19(30-11(3)25)18(29-10(2)24)13(7-17(26)27)20(32-16)31-15-5-4-12(21)6-14(15)22/h4-6,13,16,18-20H,7-8H2,1-3H3,(H,26,27)/p-1/t13-,16+,18-,19-,20-/m0/s1. The van der Waals surface area contributed by atoms with Crippen molar-refractivity contribution >= 4 is 51.4 Å². The number of carbonyl (C=O) groups is 4. The lowest BCUT2D eigenvalue weighted by Crippen LogP contribution is -2.60. The zero-order chi connectivity index (χ0) is 24.0. The van der Waals surface area contributed by atoms with Crippen LogP contribution >= 0.6 is 27.5 Å². The van der Waals surface area contributed by atoms with Crippen molar-refractivity contribution in [1.82, 2.24) is 0 Å². The van der Waals surface area contributed by atoms with Crippen molar-refractivity contribution in [1.29, 1.82) is 0 Å². The van der Waals surface area contributed by atoms with Gasteiger partial charge < -0.3 is 33.6 Å². The number of ether oxygens (including phenoxy) is 5. The Morgan fingerprint density at radius 2 is 1.69 bits per heavy atom. The Morgan fingerprint density at radius 1 is 1.06 bits per heavy atom. The van der Waals surface area contributed by atoms with Crippen molar-refractivity contribution < 1.29 is 48.0 Å². The van der Waals surface area contributed by atoms with Gasteiger partial charge in [-0.25, -0.2) is 0 Å². The summed E-state index contributed by atoms with van der Waals surface area (Å²) < 4.78 is 27.9. The fraction of sp³-hybridized carbons (Fsp3) is 0.500. The molecular weight excluding hydrogens is 516 g/mol. The summed E-state index contributed by atoms with van der Waals surface area (Å²) in [6, 6.07) is 4.71. The van der Waals surface area contributed by atoms with Crippen molar-refractivity contribution in [2.75, 3.05) is 6.61 Å². The molecule has 2 rings (SSSR count). The lowest BCUT2D eigenvalue weighted by molar-refractivity contribution is -0.316. The third-order valence-corrected chi connectivity index (χ3v) is 5.15. The van der Waals surface area contributed by atoms with Crippen molar-refractivity contribution in [3.8, 4) is 5.75 Å². The van der Waals surface area contributed by atoms with Gasteiger partial charge in [-0.1, -0.05) is 27.5 Å². The number of aliphatic carboxylic acids is 1. The number of carboxylic acid groups (broad SMARTS) is 1. The van der Waals surface area contributed by atoms with Crippen LogP contribution in [0.3, 0.4) is 0 Å². The molecule has 1 aliphatic rings. The van der Waals surface area contributed by atoms with Crippen LogP contribution in [0.1, 0.15) is 27.2 Å². The molecule has 1 aromatic carbocycles. The van der Waals surface area contributed by atoms with Gasteiger partial charge in [0.2, 0.25) is 6.29 Å². The van der Waals surface area contributed by atoms with Gasteiger partial charge in [-0.05, 0) is 24.6 Å². The zero-order valence-corrected chi connectivity index (χ0v) is 19.7. The van der Waals surface area contributed by atoms with Gasteiger partial charge in [-0.15, -0.1) is 0 Å². The van der Waals surface area contributed by atoms with Gasteiger partial charge in [0.15, 0.2) is 12.2 Å². The molecule has 0 saturated carbocycles. The Morgan fingerprint density at radius 3 is 2.22 bits per heavy atom. The number of benzene rings is 1. The molecule has 0 amide bonds. The number of halogens is 2. The fourth-order valence-corrected chi connectivity index (χ4v) is 3.91. The van der Waals surface area contributed by atoms with Crippen LogP contribution in [-0.2, 0) is 38.1 Å². The molecule has 0 spiro atoms. The fourth-order valence-electron chi connectivity index (χ4n) is 3.19. The Bertz CT molecular complexity index is 876. The summed E-state index contributed by atoms with van der Waals surface area (Å²) in [5, 5.41) is 11.7. The third-order valence-electron chi connectivity index (χ3n) is 4.37. The predicted molar refractivity (Wildman–Crippen MR) is 109 cm³/mol. The maximum atomic E-state index is 11.8. The highest BCUT2D eigenvalue weighted by atomic mass is 79.9. The summed E-state index contributed by atoms with van der Waals surface area (Å²) in [5.74, 6) is -4.62. The summed E-state index contributed by atoms with van der Waals surface area (Å²) in [5.41, 5.74) is 0. The van der Waals surface area contributed by atoms with Gasteiger partial charge in [0, 0.05) is 31.2 Å². The molecular formula is C20H21BrClO10-. The summed E-state index contributed by atoms with van der Waals surface area (Å²) in [4.78, 5) is 46.3. The average molecular weight is 537 g/mol. The maximum absolute atomic E-state index is 11.8. The van der Waals surface area contributed by atoms with Crippen LogP contribution in [0.5, 0.6) is 5.75 Å². The van der Waals surface area contributed by atoms with Crippen molar-refractivity contribution in [3.05, 3.63) is 27.7 Å². The van der Waals surface area contributed by atoms with Gasteiger partial charge in [0.25, 0.3) is 0 Å². The highest BCUT2D eigenvalue weighted by Gasteiger charge is 2.51. The minimum Gasteiger partial charge on any atom is -0.550 e. The average Bonchev–Trinajstić information content (AvgIpc) is 2.65. The second-order valence-corrected chi connectivity index (χ2v) is 8.25. The lowest BCUT2D eigenvalue weighted by Gasteiger charge is -2.45. The lowest BCUT2D eigenvalue weighted by atomic mass is 9.88. The molecule has 1 fully saturated rings. The van der Waals surface area contributed by atoms with Crippen molar-refractivity contribution in [3.63, 3.8) is 0 Å². The number of carboxylic acids is 1. The molecule has 0 unspecified atom stereocenters. The second-order valence-electron chi connectivity index (χ2n) is 6.93. The summed E-state index contributed by atoms with van der Waals surface area (Å²) in [6.07, 6.45) is -5.70. The predicted octanol–water partition coefficient (Wildman–Crippen LogP) is 1.39. The topological polar surface area (TPSA) is 137 Å². The van der Waals surface area contributed by atoms with Gasteiger partial charge in [0.1, 0.15) is 18.5 Å². The number of rotatable bonds is 8. The van der Waals surface area contributed by atoms with E-state index in [2.05, 4.69) is 15.9 Å². The molecule has 0 radical (unpaired) electrons. The van der Waals surface area contributed by atoms with E-state index in [1.807, 2.05) is 0 Å². The largest absolute Gasteiger partial charge is 0.550 e. The van der Waals surface area contributed by atoms with E-state index in [-0.39, 0.29) is 17.4 Å². The molecule has 1 heterocycles. The van der Waals surface area contributed by atoms with Crippen LogP contribution in [0.25, 0.3) is 0 Å². The Kier molecular flexibility index (Phi) is 9.29. The molecule has 1 saturated heterocycles. The molecule has 32 heavy (non-hydrogen) atoms. The Hall–Kier alpha value is -2.37. The maximum Gasteiger partial charge on any atom is 0.303 e. The molecule has 176 valence electrons. The van der Waals surface area contributed by atoms with Gasteiger partial charge in [-0.2, -0.15) is 0 Å². The summed E-state index contributed by atoms with van der Waals surface area (Å²) in [7, 11) is 0. The first kappa shape index (κ1) is 25.9. The van der Waals surface area contributed by atoms with E-state index in [9.17, 15) is 24.3 Å². The van der Waals surface area contributed by atoms with E-state index in [4.69, 9.17) is 35.3 Å². The van der Waals surface area contributed by atoms with E-state index in [0.29, 0.717) is 4.47 Å². The highest BCUT2D eigenvalue weighted by molar-refractivity contribution is 9.10. The first-order valence-electron chi connectivity index (χ1n) is 9.42. The normalized spacial score (nSPS) is 24.8. The number of hydrogen-bond donors (Lipinski definition) is 0. The minimum atomic E-state index is -1.48. The molecule has 0 aliphatic carbocycles. The van der Waals surface area contributed by atoms with Gasteiger partial charge >= 0.3 is 17.9 Å². The molecule has 10 nitrogen and oxygen atoms in total. The Labute approximate surface area is 197 Å². The van der Waals surface area contributed by atoms with E-state index < -0.39 is 60.8 Å². The molecule has 1 aromatic rings. The molecule has 12 heteroatoms. The molecule has 0 aromatic heterocycles. The van der Waals surface area contributed by atoms with Crippen LogP contribution in [0.2, 0.25) is 5.02 Å². The molecule has 0 N–H and O–H groups in total. The van der Waals surface area contributed by atoms with Crippen LogP contribution in [0.15, 0.2) is 22.7 Å². The van der Waals surface area contributed by atoms with Gasteiger partial charge in [-0.3, -0.25) is 14.4 Å². The van der Waals surface area contributed by atoms with E-state index in [0.717, 1.165) is 13.8 Å². The van der Waals surface area contributed by atoms with Crippen molar-refractivity contribution in [2.45, 2.75) is 51.8 Å². The molecule has 0 bridgehead atoms. The van der Waals surface area contributed by atoms with Crippen LogP contribution in [0, 0.1) is 5.92 Å². The summed E-state index contributed by atoms with van der Waals surface area (Å²) >= 11 is 9.46. The zero-order valence-electron chi connectivity index (χ0n) is 17.4. The molecule has 1 aliphatic heterocycles. The first-order valence-corrected chi connectivity index (χ1v) is 10.6. The first-order chi connectivity index (χ1) is 15.0. The minimum absolute atomic E-state index is 0.155. The molecule has 5 atom stereocenters. The number of esters is 3. The highest BCUT2D eigenvalue weighted by Crippen LogP contribution is 2.37. The van der Waals surface area contributed by atoms with E-state index >= 15 is 0 Å². The SMILES string of the molecule is CC(=O)OC[C@H]1O[C@H](Oc2ccc(Br)cc2Cl)[C@@H](CC(=O)[O-])[C@H](OC(C)=O)[C@H]1OC(C)=O. The second kappa shape index (κ2) is 11.5. The number of hydrogen-bond acceptors (Lipinski definition) is 10. The van der Waals surface area contributed by atoms with Crippen molar-refractivity contribution in [2.24, 2.45) is 5.92 Å². The van der Waals surface area contributed by atoms with Crippen LogP contribution < -0.4 is 9.84 Å². The van der Waals surface area contributed by atoms with E-state index in [1.54, 1.807) is 12.1 Å². The van der Waals surface area contributed by atoms with Crippen LogP contribution in [0.4, 0.5) is 0 Å². The Balaban J connectivity index is 2.47. The van der Waals surface area contributed by atoms with E-state index in [1.165, 1.54) is 13.0 Å². The third kappa shape index (κ3) is 7.35. The quantitative estimate of drug-likeness (QED) is 0.354. The monoisotopic (exact) mass is 535 g/mol.